The Labute approximate surface area is 151 Å². The molecule has 1 heterocycles. The third-order valence-corrected chi connectivity index (χ3v) is 4.57. The standard InChI is InChI=1S/C19H22FN3O3/c20-13-8-10-14(11-9-13)23-16-6-4-5-15(16)18(22-23)19(26)21-12-3-1-2-7-17(24)25/h8-11H,1-7,12H2,(H,21,26)(H,24,25). The number of carbonyl (C=O) groups excluding carboxylic acids is 1. The second-order valence-electron chi connectivity index (χ2n) is 6.48. The van der Waals surface area contributed by atoms with Gasteiger partial charge in [0.2, 0.25) is 0 Å². The SMILES string of the molecule is O=C(O)CCCCCNC(=O)c1nn(-c2ccc(F)cc2)c2c1CCC2. The third-order valence-electron chi connectivity index (χ3n) is 4.57. The molecule has 7 heteroatoms. The Bertz CT molecular complexity index is 799. The van der Waals surface area contributed by atoms with Crippen molar-refractivity contribution >= 4 is 11.9 Å². The van der Waals surface area contributed by atoms with E-state index in [9.17, 15) is 14.0 Å². The smallest absolute Gasteiger partial charge is 0.303 e. The number of carboxylic acids is 1. The van der Waals surface area contributed by atoms with Crippen LogP contribution in [0.2, 0.25) is 0 Å². The van der Waals surface area contributed by atoms with Crippen molar-refractivity contribution in [3.63, 3.8) is 0 Å². The van der Waals surface area contributed by atoms with Gasteiger partial charge in [0.15, 0.2) is 5.69 Å². The molecule has 0 saturated carbocycles. The van der Waals surface area contributed by atoms with Gasteiger partial charge in [-0.1, -0.05) is 6.42 Å². The van der Waals surface area contributed by atoms with Crippen LogP contribution in [0, 0.1) is 5.82 Å². The monoisotopic (exact) mass is 359 g/mol. The molecule has 138 valence electrons. The number of rotatable bonds is 8. The van der Waals surface area contributed by atoms with Gasteiger partial charge in [0.25, 0.3) is 5.91 Å². The van der Waals surface area contributed by atoms with Crippen LogP contribution in [0.3, 0.4) is 0 Å². The molecular weight excluding hydrogens is 337 g/mol. The fraction of sp³-hybridized carbons (Fsp3) is 0.421. The normalized spacial score (nSPS) is 12.8. The summed E-state index contributed by atoms with van der Waals surface area (Å²) >= 11 is 0. The minimum atomic E-state index is -0.795. The first-order valence-corrected chi connectivity index (χ1v) is 8.93. The summed E-state index contributed by atoms with van der Waals surface area (Å²) in [5.41, 5.74) is 3.17. The lowest BCUT2D eigenvalue weighted by molar-refractivity contribution is -0.137. The highest BCUT2D eigenvalue weighted by Gasteiger charge is 2.26. The molecule has 0 aliphatic heterocycles. The number of nitrogens with zero attached hydrogens (tertiary/aromatic N) is 2. The van der Waals surface area contributed by atoms with E-state index in [1.54, 1.807) is 16.8 Å². The van der Waals surface area contributed by atoms with Crippen molar-refractivity contribution in [3.05, 3.63) is 47.0 Å². The zero-order valence-corrected chi connectivity index (χ0v) is 14.5. The van der Waals surface area contributed by atoms with Crippen molar-refractivity contribution < 1.29 is 19.1 Å². The van der Waals surface area contributed by atoms with Crippen molar-refractivity contribution in [2.24, 2.45) is 0 Å². The maximum Gasteiger partial charge on any atom is 0.303 e. The summed E-state index contributed by atoms with van der Waals surface area (Å²) in [7, 11) is 0. The van der Waals surface area contributed by atoms with Crippen LogP contribution in [-0.2, 0) is 17.6 Å². The second kappa shape index (κ2) is 8.12. The topological polar surface area (TPSA) is 84.2 Å². The summed E-state index contributed by atoms with van der Waals surface area (Å²) in [6, 6.07) is 6.08. The molecule has 1 amide bonds. The molecule has 6 nitrogen and oxygen atoms in total. The van der Waals surface area contributed by atoms with Crippen LogP contribution in [-0.4, -0.2) is 33.3 Å². The quantitative estimate of drug-likeness (QED) is 0.710. The molecule has 0 bridgehead atoms. The van der Waals surface area contributed by atoms with Crippen LogP contribution >= 0.6 is 0 Å². The summed E-state index contributed by atoms with van der Waals surface area (Å²) in [6.45, 7) is 0.497. The summed E-state index contributed by atoms with van der Waals surface area (Å²) in [5.74, 6) is -1.31. The van der Waals surface area contributed by atoms with Gasteiger partial charge in [-0.15, -0.1) is 0 Å². The lowest BCUT2D eigenvalue weighted by Crippen LogP contribution is -2.26. The van der Waals surface area contributed by atoms with Crippen LogP contribution in [0.1, 0.15) is 53.8 Å². The Morgan fingerprint density at radius 1 is 1.15 bits per heavy atom. The predicted octanol–water partition coefficient (Wildman–Crippen LogP) is 2.87. The van der Waals surface area contributed by atoms with E-state index >= 15 is 0 Å². The highest BCUT2D eigenvalue weighted by Crippen LogP contribution is 2.27. The Morgan fingerprint density at radius 2 is 1.92 bits per heavy atom. The molecule has 0 atom stereocenters. The average molecular weight is 359 g/mol. The number of aliphatic carboxylic acids is 1. The molecule has 1 aromatic heterocycles. The van der Waals surface area contributed by atoms with Crippen molar-refractivity contribution in [3.8, 4) is 5.69 Å². The van der Waals surface area contributed by atoms with Crippen LogP contribution in [0.25, 0.3) is 5.69 Å². The first-order valence-electron chi connectivity index (χ1n) is 8.93. The van der Waals surface area contributed by atoms with Gasteiger partial charge in [-0.3, -0.25) is 9.59 Å². The number of nitrogens with one attached hydrogen (secondary N) is 1. The summed E-state index contributed by atoms with van der Waals surface area (Å²) in [6.07, 6.45) is 4.90. The molecule has 1 aliphatic rings. The van der Waals surface area contributed by atoms with E-state index in [0.29, 0.717) is 18.7 Å². The molecule has 0 radical (unpaired) electrons. The lowest BCUT2D eigenvalue weighted by atomic mass is 10.1. The highest BCUT2D eigenvalue weighted by atomic mass is 19.1. The number of halogens is 1. The van der Waals surface area contributed by atoms with E-state index in [2.05, 4.69) is 10.4 Å². The maximum atomic E-state index is 13.2. The maximum absolute atomic E-state index is 13.2. The number of amides is 1. The molecule has 0 spiro atoms. The number of unbranched alkanes of at least 4 members (excludes halogenated alkanes) is 2. The fourth-order valence-electron chi connectivity index (χ4n) is 3.28. The van der Waals surface area contributed by atoms with Gasteiger partial charge in [-0.2, -0.15) is 5.10 Å². The van der Waals surface area contributed by atoms with E-state index in [0.717, 1.165) is 49.0 Å². The Balaban J connectivity index is 1.65. The van der Waals surface area contributed by atoms with Crippen molar-refractivity contribution in [2.75, 3.05) is 6.54 Å². The molecule has 1 aromatic carbocycles. The van der Waals surface area contributed by atoms with Gasteiger partial charge in [-0.05, 0) is 56.4 Å². The number of aromatic nitrogens is 2. The van der Waals surface area contributed by atoms with E-state index in [-0.39, 0.29) is 18.1 Å². The number of fused-ring (bicyclic) bond motifs is 1. The van der Waals surface area contributed by atoms with Gasteiger partial charge in [0.1, 0.15) is 5.82 Å². The minimum Gasteiger partial charge on any atom is -0.481 e. The van der Waals surface area contributed by atoms with Crippen LogP contribution in [0.15, 0.2) is 24.3 Å². The number of hydrogen-bond acceptors (Lipinski definition) is 3. The first-order chi connectivity index (χ1) is 12.6. The lowest BCUT2D eigenvalue weighted by Gasteiger charge is -2.05. The van der Waals surface area contributed by atoms with E-state index < -0.39 is 5.97 Å². The molecule has 2 aromatic rings. The fourth-order valence-corrected chi connectivity index (χ4v) is 3.28. The van der Waals surface area contributed by atoms with Crippen molar-refractivity contribution in [1.82, 2.24) is 15.1 Å². The Hall–Kier alpha value is -2.70. The molecule has 3 rings (SSSR count). The van der Waals surface area contributed by atoms with Crippen LogP contribution < -0.4 is 5.32 Å². The van der Waals surface area contributed by atoms with Gasteiger partial charge < -0.3 is 10.4 Å². The van der Waals surface area contributed by atoms with Gasteiger partial charge in [0, 0.05) is 24.2 Å². The van der Waals surface area contributed by atoms with Crippen LogP contribution in [0.5, 0.6) is 0 Å². The van der Waals surface area contributed by atoms with E-state index in [4.69, 9.17) is 5.11 Å². The first kappa shape index (κ1) is 18.1. The van der Waals surface area contributed by atoms with Gasteiger partial charge in [0.05, 0.1) is 5.69 Å². The molecule has 0 saturated heterocycles. The average Bonchev–Trinajstić information content (AvgIpc) is 3.21. The number of hydrogen-bond donors (Lipinski definition) is 2. The molecule has 1 aliphatic carbocycles. The zero-order chi connectivity index (χ0) is 18.5. The number of carbonyl (C=O) groups is 2. The molecule has 26 heavy (non-hydrogen) atoms. The van der Waals surface area contributed by atoms with Crippen LogP contribution in [0.4, 0.5) is 4.39 Å². The van der Waals surface area contributed by atoms with E-state index in [1.807, 2.05) is 0 Å². The second-order valence-corrected chi connectivity index (χ2v) is 6.48. The third kappa shape index (κ3) is 4.09. The molecule has 0 fully saturated rings. The molecular formula is C19H22FN3O3. The van der Waals surface area contributed by atoms with Crippen molar-refractivity contribution in [1.29, 1.82) is 0 Å². The summed E-state index contributed by atoms with van der Waals surface area (Å²) < 4.78 is 14.9. The number of benzene rings is 1. The molecule has 0 unspecified atom stereocenters. The highest BCUT2D eigenvalue weighted by molar-refractivity contribution is 5.94. The van der Waals surface area contributed by atoms with Gasteiger partial charge >= 0.3 is 5.97 Å². The molecule has 2 N–H and O–H groups in total. The number of carboxylic acid groups (broad SMARTS) is 1. The van der Waals surface area contributed by atoms with E-state index in [1.165, 1.54) is 12.1 Å². The largest absolute Gasteiger partial charge is 0.481 e. The predicted molar refractivity (Wildman–Crippen MR) is 94.0 cm³/mol. The Morgan fingerprint density at radius 3 is 2.65 bits per heavy atom. The summed E-state index contributed by atoms with van der Waals surface area (Å²) in [5, 5.41) is 15.9. The zero-order valence-electron chi connectivity index (χ0n) is 14.5. The van der Waals surface area contributed by atoms with Crippen molar-refractivity contribution in [2.45, 2.75) is 44.9 Å². The summed E-state index contributed by atoms with van der Waals surface area (Å²) in [4.78, 5) is 23.0. The Kier molecular flexibility index (Phi) is 5.65. The minimum absolute atomic E-state index is 0.156. The van der Waals surface area contributed by atoms with Gasteiger partial charge in [-0.25, -0.2) is 9.07 Å².